The van der Waals surface area contributed by atoms with Crippen molar-refractivity contribution in [3.8, 4) is 0 Å². The molecule has 1 N–H and O–H groups in total. The summed E-state index contributed by atoms with van der Waals surface area (Å²) in [6.07, 6.45) is 3.69. The molecular weight excluding hydrogens is 136 g/mol. The monoisotopic (exact) mass is 144 g/mol. The predicted octanol–water partition coefficient (Wildman–Crippen LogP) is 1.48. The van der Waals surface area contributed by atoms with Gasteiger partial charge in [-0.2, -0.15) is 0 Å². The highest BCUT2D eigenvalue weighted by Gasteiger charge is 2.17. The average molecular weight is 144 g/mol. The van der Waals surface area contributed by atoms with Crippen LogP contribution in [-0.4, -0.2) is 16.3 Å². The largest absolute Gasteiger partial charge is 0.480 e. The van der Waals surface area contributed by atoms with Crippen LogP contribution in [0.4, 0.5) is 0 Å². The highest BCUT2D eigenvalue weighted by molar-refractivity contribution is 8.03. The van der Waals surface area contributed by atoms with Crippen LogP contribution in [0.2, 0.25) is 0 Å². The molecule has 0 aromatic carbocycles. The molecule has 0 saturated carbocycles. The smallest absolute Gasteiger partial charge is 0.316 e. The molecule has 9 heavy (non-hydrogen) atoms. The number of carboxylic acids is 1. The molecule has 0 amide bonds. The Bertz CT molecular complexity index is 142. The van der Waals surface area contributed by atoms with Crippen molar-refractivity contribution in [3.63, 3.8) is 0 Å². The van der Waals surface area contributed by atoms with Crippen molar-refractivity contribution in [1.29, 1.82) is 0 Å². The number of carboxylic acid groups (broad SMARTS) is 1. The van der Waals surface area contributed by atoms with Gasteiger partial charge in [0.25, 0.3) is 0 Å². The third-order valence-electron chi connectivity index (χ3n) is 1.21. The molecule has 0 spiro atoms. The first-order chi connectivity index (χ1) is 4.30. The van der Waals surface area contributed by atoms with Crippen LogP contribution in [0.1, 0.15) is 12.8 Å². The zero-order chi connectivity index (χ0) is 6.69. The van der Waals surface area contributed by atoms with Crippen molar-refractivity contribution in [3.05, 3.63) is 11.5 Å². The number of rotatable bonds is 1. The number of hydrogen-bond donors (Lipinski definition) is 1. The van der Waals surface area contributed by atoms with Gasteiger partial charge in [0.15, 0.2) is 0 Å². The first-order valence-corrected chi connectivity index (χ1v) is 3.78. The van der Waals surface area contributed by atoms with Crippen LogP contribution in [0.15, 0.2) is 11.5 Å². The lowest BCUT2D eigenvalue weighted by molar-refractivity contribution is -0.136. The molecule has 0 radical (unpaired) electrons. The Morgan fingerprint density at radius 2 is 2.56 bits per heavy atom. The summed E-state index contributed by atoms with van der Waals surface area (Å²) >= 11 is 1.39. The zero-order valence-corrected chi connectivity index (χ0v) is 5.73. The molecule has 0 fully saturated rings. The van der Waals surface area contributed by atoms with Gasteiger partial charge < -0.3 is 5.11 Å². The van der Waals surface area contributed by atoms with Gasteiger partial charge in [-0.1, -0.05) is 6.08 Å². The molecule has 0 saturated heterocycles. The quantitative estimate of drug-likeness (QED) is 0.605. The first kappa shape index (κ1) is 6.68. The summed E-state index contributed by atoms with van der Waals surface area (Å²) in [5, 5.41) is 10.1. The van der Waals surface area contributed by atoms with E-state index in [-0.39, 0.29) is 5.25 Å². The van der Waals surface area contributed by atoms with Gasteiger partial charge in [0.2, 0.25) is 0 Å². The number of hydrogen-bond acceptors (Lipinski definition) is 2. The average Bonchev–Trinajstić information content (AvgIpc) is 1.90. The van der Waals surface area contributed by atoms with E-state index < -0.39 is 5.97 Å². The van der Waals surface area contributed by atoms with E-state index in [1.165, 1.54) is 11.8 Å². The van der Waals surface area contributed by atoms with Crippen LogP contribution >= 0.6 is 11.8 Å². The third-order valence-corrected chi connectivity index (χ3v) is 2.33. The fourth-order valence-corrected chi connectivity index (χ4v) is 1.54. The van der Waals surface area contributed by atoms with Gasteiger partial charge in [-0.15, -0.1) is 11.8 Å². The van der Waals surface area contributed by atoms with Gasteiger partial charge in [0, 0.05) is 0 Å². The van der Waals surface area contributed by atoms with E-state index in [0.29, 0.717) is 0 Å². The van der Waals surface area contributed by atoms with E-state index in [0.717, 1.165) is 12.8 Å². The van der Waals surface area contributed by atoms with Crippen molar-refractivity contribution in [2.24, 2.45) is 0 Å². The normalized spacial score (nSPS) is 26.0. The van der Waals surface area contributed by atoms with Gasteiger partial charge >= 0.3 is 5.97 Å². The van der Waals surface area contributed by atoms with Crippen molar-refractivity contribution < 1.29 is 9.90 Å². The maximum absolute atomic E-state index is 10.3. The molecule has 3 heteroatoms. The highest BCUT2D eigenvalue weighted by atomic mass is 32.2. The molecule has 0 bridgehead atoms. The van der Waals surface area contributed by atoms with E-state index in [1.54, 1.807) is 0 Å². The Labute approximate surface area is 57.9 Å². The summed E-state index contributed by atoms with van der Waals surface area (Å²) < 4.78 is 0. The Balaban J connectivity index is 2.44. The molecule has 2 nitrogen and oxygen atoms in total. The van der Waals surface area contributed by atoms with Crippen molar-refractivity contribution in [2.75, 3.05) is 0 Å². The topological polar surface area (TPSA) is 37.3 Å². The van der Waals surface area contributed by atoms with E-state index >= 15 is 0 Å². The van der Waals surface area contributed by atoms with E-state index in [9.17, 15) is 4.79 Å². The fraction of sp³-hybridized carbons (Fsp3) is 0.500. The predicted molar refractivity (Wildman–Crippen MR) is 37.4 cm³/mol. The fourth-order valence-electron chi connectivity index (χ4n) is 0.716. The van der Waals surface area contributed by atoms with Crippen molar-refractivity contribution in [2.45, 2.75) is 18.1 Å². The molecule has 1 unspecified atom stereocenters. The molecule has 0 aliphatic carbocycles. The molecule has 50 valence electrons. The maximum atomic E-state index is 10.3. The molecular formula is C6H8O2S. The van der Waals surface area contributed by atoms with Crippen LogP contribution in [-0.2, 0) is 4.79 Å². The Hall–Kier alpha value is -0.440. The summed E-state index contributed by atoms with van der Waals surface area (Å²) in [4.78, 5) is 10.3. The van der Waals surface area contributed by atoms with Crippen LogP contribution in [0.25, 0.3) is 0 Å². The van der Waals surface area contributed by atoms with Crippen LogP contribution < -0.4 is 0 Å². The molecule has 1 aliphatic heterocycles. The Kier molecular flexibility index (Phi) is 2.16. The second-order valence-electron chi connectivity index (χ2n) is 1.91. The summed E-state index contributed by atoms with van der Waals surface area (Å²) in [6.45, 7) is 0. The van der Waals surface area contributed by atoms with Crippen LogP contribution in [0.5, 0.6) is 0 Å². The molecule has 1 rings (SSSR count). The van der Waals surface area contributed by atoms with Gasteiger partial charge in [-0.3, -0.25) is 4.79 Å². The van der Waals surface area contributed by atoms with Crippen LogP contribution in [0, 0.1) is 0 Å². The second kappa shape index (κ2) is 2.92. The molecule has 1 heterocycles. The lowest BCUT2D eigenvalue weighted by Gasteiger charge is -2.10. The van der Waals surface area contributed by atoms with Gasteiger partial charge in [0.1, 0.15) is 5.25 Å². The number of carbonyl (C=O) groups is 1. The van der Waals surface area contributed by atoms with Crippen molar-refractivity contribution in [1.82, 2.24) is 0 Å². The first-order valence-electron chi connectivity index (χ1n) is 2.84. The highest BCUT2D eigenvalue weighted by Crippen LogP contribution is 2.22. The lowest BCUT2D eigenvalue weighted by Crippen LogP contribution is -2.16. The Morgan fingerprint density at radius 1 is 1.78 bits per heavy atom. The summed E-state index contributed by atoms with van der Waals surface area (Å²) in [6, 6.07) is 0. The van der Waals surface area contributed by atoms with Gasteiger partial charge in [-0.25, -0.2) is 0 Å². The lowest BCUT2D eigenvalue weighted by atomic mass is 10.2. The minimum atomic E-state index is -0.690. The third kappa shape index (κ3) is 1.75. The summed E-state index contributed by atoms with van der Waals surface area (Å²) in [7, 11) is 0. The molecule has 0 aromatic rings. The van der Waals surface area contributed by atoms with Crippen LogP contribution in [0.3, 0.4) is 0 Å². The standard InChI is InChI=1S/C6H8O2S/c7-6(8)5-3-1-2-4-9-5/h2,4-5H,1,3H2,(H,7,8). The number of allylic oxidation sites excluding steroid dienone is 1. The van der Waals surface area contributed by atoms with Gasteiger partial charge in [-0.05, 0) is 18.2 Å². The summed E-state index contributed by atoms with van der Waals surface area (Å²) in [5.74, 6) is -0.690. The van der Waals surface area contributed by atoms with Gasteiger partial charge in [0.05, 0.1) is 0 Å². The van der Waals surface area contributed by atoms with E-state index in [2.05, 4.69) is 0 Å². The minimum absolute atomic E-state index is 0.199. The zero-order valence-electron chi connectivity index (χ0n) is 4.91. The Morgan fingerprint density at radius 3 is 2.89 bits per heavy atom. The van der Waals surface area contributed by atoms with E-state index in [4.69, 9.17) is 5.11 Å². The van der Waals surface area contributed by atoms with Crippen molar-refractivity contribution >= 4 is 17.7 Å². The SMILES string of the molecule is O=C(O)C1CCC=CS1. The summed E-state index contributed by atoms with van der Waals surface area (Å²) in [5.41, 5.74) is 0. The maximum Gasteiger partial charge on any atom is 0.316 e. The minimum Gasteiger partial charge on any atom is -0.480 e. The molecule has 1 atom stereocenters. The molecule has 1 aliphatic rings. The molecule has 0 aromatic heterocycles. The second-order valence-corrected chi connectivity index (χ2v) is 3.03. The number of thioether (sulfide) groups is 1. The number of aliphatic carboxylic acids is 1. The van der Waals surface area contributed by atoms with E-state index in [1.807, 2.05) is 11.5 Å².